The summed E-state index contributed by atoms with van der Waals surface area (Å²) in [4.78, 5) is 12.6. The molecular formula is C22H29NO6. The van der Waals surface area contributed by atoms with E-state index in [9.17, 15) is 9.90 Å². The topological polar surface area (TPSA) is 90.2 Å². The molecule has 0 aliphatic carbocycles. The summed E-state index contributed by atoms with van der Waals surface area (Å²) >= 11 is 0. The Morgan fingerprint density at radius 2 is 2.14 bits per heavy atom. The molecule has 158 valence electrons. The maximum Gasteiger partial charge on any atom is 0.286 e. The summed E-state index contributed by atoms with van der Waals surface area (Å²) in [6.07, 6.45) is 4.32. The van der Waals surface area contributed by atoms with Crippen molar-refractivity contribution in [1.82, 2.24) is 5.32 Å². The highest BCUT2D eigenvalue weighted by Gasteiger charge is 2.39. The lowest BCUT2D eigenvalue weighted by Crippen LogP contribution is -2.39. The van der Waals surface area contributed by atoms with E-state index < -0.39 is 6.29 Å². The zero-order chi connectivity index (χ0) is 20.6. The summed E-state index contributed by atoms with van der Waals surface area (Å²) in [5.41, 5.74) is 1.78. The minimum Gasteiger partial charge on any atom is -0.464 e. The number of ether oxygens (including phenoxy) is 3. The van der Waals surface area contributed by atoms with Crippen LogP contribution in [0.3, 0.4) is 0 Å². The normalized spacial score (nSPS) is 21.6. The summed E-state index contributed by atoms with van der Waals surface area (Å²) in [5, 5.41) is 13.2. The molecule has 0 spiro atoms. The summed E-state index contributed by atoms with van der Waals surface area (Å²) < 4.78 is 22.5. The molecule has 0 saturated carbocycles. The predicted molar refractivity (Wildman–Crippen MR) is 108 cm³/mol. The van der Waals surface area contributed by atoms with Crippen LogP contribution < -0.4 is 5.32 Å². The van der Waals surface area contributed by atoms with E-state index in [1.165, 1.54) is 0 Å². The molecule has 0 radical (unpaired) electrons. The van der Waals surface area contributed by atoms with Gasteiger partial charge in [-0.2, -0.15) is 0 Å². The van der Waals surface area contributed by atoms with Crippen LogP contribution in [0.25, 0.3) is 11.0 Å². The van der Waals surface area contributed by atoms with Crippen LogP contribution in [0.4, 0.5) is 0 Å². The van der Waals surface area contributed by atoms with E-state index in [-0.39, 0.29) is 30.1 Å². The molecule has 0 bridgehead atoms. The molecule has 0 unspecified atom stereocenters. The molecule has 1 aromatic heterocycles. The Balaban J connectivity index is 1.97. The molecular weight excluding hydrogens is 374 g/mol. The number of allylic oxidation sites excluding steroid dienone is 1. The van der Waals surface area contributed by atoms with Crippen molar-refractivity contribution in [2.75, 3.05) is 33.5 Å². The summed E-state index contributed by atoms with van der Waals surface area (Å²) in [6, 6.07) is 7.82. The zero-order valence-electron chi connectivity index (χ0n) is 16.9. The molecule has 3 atom stereocenters. The van der Waals surface area contributed by atoms with Gasteiger partial charge in [0.2, 0.25) is 6.29 Å². The van der Waals surface area contributed by atoms with Crippen molar-refractivity contribution >= 4 is 16.9 Å². The highest BCUT2D eigenvalue weighted by atomic mass is 16.7. The second-order valence-corrected chi connectivity index (χ2v) is 6.96. The Morgan fingerprint density at radius 3 is 2.90 bits per heavy atom. The molecule has 1 aromatic carbocycles. The fourth-order valence-corrected chi connectivity index (χ4v) is 3.73. The van der Waals surface area contributed by atoms with Crippen LogP contribution in [0.5, 0.6) is 0 Å². The molecule has 0 saturated heterocycles. The van der Waals surface area contributed by atoms with E-state index in [0.29, 0.717) is 32.6 Å². The number of fused-ring (bicyclic) bond motifs is 1. The molecule has 1 aliphatic heterocycles. The van der Waals surface area contributed by atoms with Gasteiger partial charge in [0.15, 0.2) is 5.76 Å². The number of furan rings is 1. The van der Waals surface area contributed by atoms with Gasteiger partial charge in [-0.05, 0) is 31.9 Å². The van der Waals surface area contributed by atoms with Crippen LogP contribution in [0.1, 0.15) is 31.2 Å². The van der Waals surface area contributed by atoms with Gasteiger partial charge < -0.3 is 29.1 Å². The zero-order valence-corrected chi connectivity index (χ0v) is 16.9. The fraction of sp³-hybridized carbons (Fsp3) is 0.500. The number of rotatable bonds is 10. The maximum atomic E-state index is 12.6. The lowest BCUT2D eigenvalue weighted by atomic mass is 9.80. The minimum absolute atomic E-state index is 0.0568. The number of carbonyl (C=O) groups is 1. The van der Waals surface area contributed by atoms with Crippen molar-refractivity contribution < 1.29 is 28.5 Å². The van der Waals surface area contributed by atoms with Crippen LogP contribution in [0.15, 0.2) is 46.8 Å². The number of nitrogens with one attached hydrogen (secondary N) is 1. The first-order valence-electron chi connectivity index (χ1n) is 10.0. The van der Waals surface area contributed by atoms with Crippen molar-refractivity contribution in [3.8, 4) is 0 Å². The SMILES string of the molecule is CCO[C@@H]1OC(C(=O)NCCOC)=C[C@H](c2coc3ccccc23)[C@H]1CCCO. The Kier molecular flexibility index (Phi) is 7.69. The van der Waals surface area contributed by atoms with E-state index in [2.05, 4.69) is 5.32 Å². The molecule has 1 amide bonds. The van der Waals surface area contributed by atoms with Gasteiger partial charge in [0, 0.05) is 49.7 Å². The molecule has 7 nitrogen and oxygen atoms in total. The number of hydrogen-bond acceptors (Lipinski definition) is 6. The second kappa shape index (κ2) is 10.4. The van der Waals surface area contributed by atoms with E-state index >= 15 is 0 Å². The second-order valence-electron chi connectivity index (χ2n) is 6.96. The van der Waals surface area contributed by atoms with Gasteiger partial charge in [-0.1, -0.05) is 18.2 Å². The van der Waals surface area contributed by atoms with Crippen molar-refractivity contribution in [3.63, 3.8) is 0 Å². The van der Waals surface area contributed by atoms with Crippen molar-refractivity contribution in [1.29, 1.82) is 0 Å². The third-order valence-electron chi connectivity index (χ3n) is 5.10. The lowest BCUT2D eigenvalue weighted by molar-refractivity contribution is -0.166. The van der Waals surface area contributed by atoms with Gasteiger partial charge in [0.25, 0.3) is 5.91 Å². The summed E-state index contributed by atoms with van der Waals surface area (Å²) in [5.74, 6) is -0.266. The van der Waals surface area contributed by atoms with Crippen LogP contribution in [0, 0.1) is 5.92 Å². The molecule has 2 aromatic rings. The number of amides is 1. The number of aliphatic hydroxyl groups is 1. The standard InChI is InChI=1S/C22H29NO6/c1-3-27-22-16(8-6-11-24)17(13-20(29-22)21(25)23-10-12-26-2)18-14-28-19-9-5-4-7-15(18)19/h4-5,7,9,13-14,16-17,22,24H,3,6,8,10-12H2,1-2H3,(H,23,25)/t16-,17+,22-/m1/s1. The third kappa shape index (κ3) is 4.98. The Morgan fingerprint density at radius 1 is 1.31 bits per heavy atom. The van der Waals surface area contributed by atoms with Gasteiger partial charge in [-0.3, -0.25) is 4.79 Å². The number of carbonyl (C=O) groups excluding carboxylic acids is 1. The smallest absolute Gasteiger partial charge is 0.286 e. The quantitative estimate of drug-likeness (QED) is 0.593. The van der Waals surface area contributed by atoms with E-state index in [1.807, 2.05) is 37.3 Å². The predicted octanol–water partition coefficient (Wildman–Crippen LogP) is 2.94. The van der Waals surface area contributed by atoms with Crippen molar-refractivity contribution in [2.24, 2.45) is 5.92 Å². The first-order valence-corrected chi connectivity index (χ1v) is 10.0. The molecule has 2 N–H and O–H groups in total. The molecule has 3 rings (SSSR count). The molecule has 1 aliphatic rings. The van der Waals surface area contributed by atoms with Crippen molar-refractivity contribution in [2.45, 2.75) is 32.0 Å². The molecule has 7 heteroatoms. The Hall–Kier alpha value is -2.35. The number of hydrogen-bond donors (Lipinski definition) is 2. The number of aliphatic hydroxyl groups excluding tert-OH is 1. The summed E-state index contributed by atoms with van der Waals surface area (Å²) in [6.45, 7) is 3.25. The van der Waals surface area contributed by atoms with Crippen LogP contribution in [-0.2, 0) is 19.0 Å². The van der Waals surface area contributed by atoms with E-state index in [0.717, 1.165) is 16.5 Å². The highest BCUT2D eigenvalue weighted by Crippen LogP contribution is 2.42. The van der Waals surface area contributed by atoms with Crippen LogP contribution >= 0.6 is 0 Å². The van der Waals surface area contributed by atoms with Gasteiger partial charge in [-0.25, -0.2) is 0 Å². The van der Waals surface area contributed by atoms with Crippen LogP contribution in [-0.4, -0.2) is 50.8 Å². The Labute approximate surface area is 170 Å². The first-order chi connectivity index (χ1) is 14.2. The average molecular weight is 403 g/mol. The van der Waals surface area contributed by atoms with Gasteiger partial charge in [-0.15, -0.1) is 0 Å². The number of benzene rings is 1. The lowest BCUT2D eigenvalue weighted by Gasteiger charge is -2.36. The summed E-state index contributed by atoms with van der Waals surface area (Å²) in [7, 11) is 1.58. The van der Waals surface area contributed by atoms with E-state index in [4.69, 9.17) is 18.6 Å². The molecule has 2 heterocycles. The van der Waals surface area contributed by atoms with Gasteiger partial charge >= 0.3 is 0 Å². The van der Waals surface area contributed by atoms with Gasteiger partial charge in [0.1, 0.15) is 5.58 Å². The fourth-order valence-electron chi connectivity index (χ4n) is 3.73. The first kappa shape index (κ1) is 21.4. The van der Waals surface area contributed by atoms with E-state index in [1.54, 1.807) is 13.4 Å². The monoisotopic (exact) mass is 403 g/mol. The number of methoxy groups -OCH3 is 1. The van der Waals surface area contributed by atoms with Crippen molar-refractivity contribution in [3.05, 3.63) is 47.9 Å². The largest absolute Gasteiger partial charge is 0.464 e. The number of para-hydroxylation sites is 1. The maximum absolute atomic E-state index is 12.6. The van der Waals surface area contributed by atoms with Gasteiger partial charge in [0.05, 0.1) is 12.9 Å². The van der Waals surface area contributed by atoms with Crippen LogP contribution in [0.2, 0.25) is 0 Å². The molecule has 29 heavy (non-hydrogen) atoms. The highest BCUT2D eigenvalue weighted by molar-refractivity contribution is 5.92. The minimum atomic E-state index is -0.585. The third-order valence-corrected chi connectivity index (χ3v) is 5.10. The molecule has 0 fully saturated rings. The average Bonchev–Trinajstić information content (AvgIpc) is 3.16. The Bertz CT molecular complexity index is 830.